The molecular formula is C13H11BrINOS. The first kappa shape index (κ1) is 14.0. The first-order valence-electron chi connectivity index (χ1n) is 5.36. The monoisotopic (exact) mass is 435 g/mol. The predicted molar refractivity (Wildman–Crippen MR) is 87.1 cm³/mol. The lowest BCUT2D eigenvalue weighted by Crippen LogP contribution is -2.26. The van der Waals surface area contributed by atoms with E-state index in [4.69, 9.17) is 0 Å². The zero-order valence-electron chi connectivity index (χ0n) is 9.61. The van der Waals surface area contributed by atoms with Crippen LogP contribution in [0.15, 0.2) is 39.5 Å². The first-order valence-corrected chi connectivity index (χ1v) is 8.17. The maximum absolute atomic E-state index is 12.2. The Morgan fingerprint density at radius 1 is 1.44 bits per heavy atom. The quantitative estimate of drug-likeness (QED) is 0.701. The summed E-state index contributed by atoms with van der Waals surface area (Å²) in [5.74, 6) is -0.0564. The van der Waals surface area contributed by atoms with Gasteiger partial charge in [-0.2, -0.15) is 11.3 Å². The molecule has 0 saturated heterocycles. The average Bonchev–Trinajstić information content (AvgIpc) is 2.85. The molecule has 1 N–H and O–H groups in total. The second-order valence-corrected chi connectivity index (χ2v) is 6.76. The molecule has 18 heavy (non-hydrogen) atoms. The van der Waals surface area contributed by atoms with E-state index in [1.54, 1.807) is 11.3 Å². The van der Waals surface area contributed by atoms with Gasteiger partial charge in [0.1, 0.15) is 0 Å². The minimum atomic E-state index is -0.0564. The topological polar surface area (TPSA) is 29.1 Å². The fraction of sp³-hybridized carbons (Fsp3) is 0.154. The van der Waals surface area contributed by atoms with Gasteiger partial charge in [-0.1, -0.05) is 0 Å². The molecule has 0 aliphatic heterocycles. The van der Waals surface area contributed by atoms with Gasteiger partial charge in [0.05, 0.1) is 11.6 Å². The van der Waals surface area contributed by atoms with Crippen molar-refractivity contribution in [3.05, 3.63) is 54.2 Å². The SMILES string of the molecule is CC(NC(=O)c1cc(I)ccc1Br)c1ccsc1. The van der Waals surface area contributed by atoms with E-state index in [0.717, 1.165) is 13.6 Å². The van der Waals surface area contributed by atoms with E-state index >= 15 is 0 Å². The summed E-state index contributed by atoms with van der Waals surface area (Å²) in [4.78, 5) is 12.2. The molecule has 0 aliphatic rings. The van der Waals surface area contributed by atoms with E-state index in [9.17, 15) is 4.79 Å². The van der Waals surface area contributed by atoms with Gasteiger partial charge in [-0.25, -0.2) is 0 Å². The second-order valence-electron chi connectivity index (χ2n) is 3.88. The molecule has 0 saturated carbocycles. The average molecular weight is 436 g/mol. The van der Waals surface area contributed by atoms with Gasteiger partial charge >= 0.3 is 0 Å². The van der Waals surface area contributed by atoms with Gasteiger partial charge in [0.2, 0.25) is 0 Å². The maximum Gasteiger partial charge on any atom is 0.252 e. The highest BCUT2D eigenvalue weighted by Gasteiger charge is 2.14. The number of carbonyl (C=O) groups is 1. The summed E-state index contributed by atoms with van der Waals surface area (Å²) >= 11 is 7.24. The molecule has 0 bridgehead atoms. The summed E-state index contributed by atoms with van der Waals surface area (Å²) in [6.45, 7) is 1.99. The number of nitrogens with one attached hydrogen (secondary N) is 1. The lowest BCUT2D eigenvalue weighted by Gasteiger charge is -2.13. The van der Waals surface area contributed by atoms with Crippen molar-refractivity contribution in [3.8, 4) is 0 Å². The van der Waals surface area contributed by atoms with Crippen LogP contribution in [0.2, 0.25) is 0 Å². The highest BCUT2D eigenvalue weighted by Crippen LogP contribution is 2.21. The Morgan fingerprint density at radius 2 is 2.22 bits per heavy atom. The van der Waals surface area contributed by atoms with Crippen molar-refractivity contribution in [2.24, 2.45) is 0 Å². The van der Waals surface area contributed by atoms with Crippen LogP contribution in [0.5, 0.6) is 0 Å². The summed E-state index contributed by atoms with van der Waals surface area (Å²) in [6, 6.07) is 7.78. The van der Waals surface area contributed by atoms with Crippen LogP contribution in [0.1, 0.15) is 28.9 Å². The highest BCUT2D eigenvalue weighted by molar-refractivity contribution is 14.1. The molecule has 1 amide bonds. The highest BCUT2D eigenvalue weighted by atomic mass is 127. The van der Waals surface area contributed by atoms with Crippen molar-refractivity contribution in [1.82, 2.24) is 5.32 Å². The summed E-state index contributed by atoms with van der Waals surface area (Å²) < 4.78 is 1.86. The van der Waals surface area contributed by atoms with E-state index in [1.807, 2.05) is 36.6 Å². The van der Waals surface area contributed by atoms with E-state index in [1.165, 1.54) is 0 Å². The number of carbonyl (C=O) groups excluding carboxylic acids is 1. The van der Waals surface area contributed by atoms with Crippen LogP contribution in [0.3, 0.4) is 0 Å². The molecule has 5 heteroatoms. The summed E-state index contributed by atoms with van der Waals surface area (Å²) in [5.41, 5.74) is 1.80. The lowest BCUT2D eigenvalue weighted by atomic mass is 10.1. The summed E-state index contributed by atoms with van der Waals surface area (Å²) in [5, 5.41) is 7.06. The van der Waals surface area contributed by atoms with Gasteiger partial charge in [-0.3, -0.25) is 4.79 Å². The van der Waals surface area contributed by atoms with E-state index in [2.05, 4.69) is 49.2 Å². The fourth-order valence-corrected chi connectivity index (χ4v) is 3.22. The molecular weight excluding hydrogens is 425 g/mol. The van der Waals surface area contributed by atoms with Crippen LogP contribution < -0.4 is 5.32 Å². The molecule has 0 fully saturated rings. The number of rotatable bonds is 3. The number of hydrogen-bond acceptors (Lipinski definition) is 2. The van der Waals surface area contributed by atoms with Crippen LogP contribution in [0.4, 0.5) is 0 Å². The number of amides is 1. The number of benzene rings is 1. The first-order chi connectivity index (χ1) is 8.58. The molecule has 1 heterocycles. The molecule has 0 radical (unpaired) electrons. The predicted octanol–water partition coefficient (Wildman–Crippen LogP) is 4.61. The summed E-state index contributed by atoms with van der Waals surface area (Å²) in [7, 11) is 0. The van der Waals surface area contributed by atoms with Gasteiger partial charge in [-0.05, 0) is 86.0 Å². The third-order valence-electron chi connectivity index (χ3n) is 2.56. The van der Waals surface area contributed by atoms with E-state index < -0.39 is 0 Å². The molecule has 2 aromatic rings. The van der Waals surface area contributed by atoms with Gasteiger partial charge in [0, 0.05) is 8.04 Å². The minimum absolute atomic E-state index is 0.0218. The number of hydrogen-bond donors (Lipinski definition) is 1. The second kappa shape index (κ2) is 6.16. The Kier molecular flexibility index (Phi) is 4.80. The zero-order chi connectivity index (χ0) is 13.1. The Morgan fingerprint density at radius 3 is 2.89 bits per heavy atom. The van der Waals surface area contributed by atoms with Crippen LogP contribution in [0.25, 0.3) is 0 Å². The van der Waals surface area contributed by atoms with Gasteiger partial charge < -0.3 is 5.32 Å². The molecule has 1 aromatic carbocycles. The van der Waals surface area contributed by atoms with Crippen LogP contribution >= 0.6 is 49.9 Å². The Bertz CT molecular complexity index is 556. The van der Waals surface area contributed by atoms with Gasteiger partial charge in [0.25, 0.3) is 5.91 Å². The number of halogens is 2. The third-order valence-corrected chi connectivity index (χ3v) is 4.63. The fourth-order valence-electron chi connectivity index (χ4n) is 1.55. The standard InChI is InChI=1S/C13H11BrINOS/c1-8(9-4-5-18-7-9)16-13(17)11-6-10(15)2-3-12(11)14/h2-8H,1H3,(H,16,17). The molecule has 0 aliphatic carbocycles. The Balaban J connectivity index is 2.15. The molecule has 2 nitrogen and oxygen atoms in total. The molecule has 2 rings (SSSR count). The Labute approximate surface area is 132 Å². The van der Waals surface area contributed by atoms with Crippen LogP contribution in [0, 0.1) is 3.57 Å². The van der Waals surface area contributed by atoms with E-state index in [-0.39, 0.29) is 11.9 Å². The normalized spacial score (nSPS) is 12.2. The largest absolute Gasteiger partial charge is 0.345 e. The van der Waals surface area contributed by atoms with Crippen molar-refractivity contribution in [3.63, 3.8) is 0 Å². The summed E-state index contributed by atoms with van der Waals surface area (Å²) in [6.07, 6.45) is 0. The smallest absolute Gasteiger partial charge is 0.252 e. The van der Waals surface area contributed by atoms with E-state index in [0.29, 0.717) is 5.56 Å². The van der Waals surface area contributed by atoms with Crippen LogP contribution in [-0.2, 0) is 0 Å². The zero-order valence-corrected chi connectivity index (χ0v) is 14.2. The van der Waals surface area contributed by atoms with Gasteiger partial charge in [-0.15, -0.1) is 0 Å². The molecule has 1 aromatic heterocycles. The van der Waals surface area contributed by atoms with Crippen molar-refractivity contribution in [2.45, 2.75) is 13.0 Å². The van der Waals surface area contributed by atoms with Gasteiger partial charge in [0.15, 0.2) is 0 Å². The third kappa shape index (κ3) is 3.33. The van der Waals surface area contributed by atoms with Crippen molar-refractivity contribution >= 4 is 55.8 Å². The van der Waals surface area contributed by atoms with Crippen molar-refractivity contribution in [2.75, 3.05) is 0 Å². The minimum Gasteiger partial charge on any atom is -0.345 e. The van der Waals surface area contributed by atoms with Crippen molar-refractivity contribution in [1.29, 1.82) is 0 Å². The molecule has 1 atom stereocenters. The molecule has 1 unspecified atom stereocenters. The Hall–Kier alpha value is -0.400. The molecule has 0 spiro atoms. The van der Waals surface area contributed by atoms with Crippen LogP contribution in [-0.4, -0.2) is 5.91 Å². The maximum atomic E-state index is 12.2. The molecule has 94 valence electrons. The van der Waals surface area contributed by atoms with Crippen molar-refractivity contribution < 1.29 is 4.79 Å². The lowest BCUT2D eigenvalue weighted by molar-refractivity contribution is 0.0939. The number of thiophene rings is 1.